The van der Waals surface area contributed by atoms with Crippen LogP contribution in [0.4, 0.5) is 10.5 Å². The minimum absolute atomic E-state index is 0.116. The molecule has 144 valence electrons. The Kier molecular flexibility index (Phi) is 6.45. The number of benzene rings is 2. The summed E-state index contributed by atoms with van der Waals surface area (Å²) in [7, 11) is 3.80. The van der Waals surface area contributed by atoms with Crippen molar-refractivity contribution < 1.29 is 19.4 Å². The molecule has 0 saturated heterocycles. The molecule has 6 nitrogen and oxygen atoms in total. The van der Waals surface area contributed by atoms with Crippen LogP contribution in [0.3, 0.4) is 0 Å². The van der Waals surface area contributed by atoms with Crippen LogP contribution in [-0.2, 0) is 16.1 Å². The summed E-state index contributed by atoms with van der Waals surface area (Å²) in [5.41, 5.74) is 1.25. The third-order valence-corrected chi connectivity index (χ3v) is 4.47. The van der Waals surface area contributed by atoms with E-state index in [0.29, 0.717) is 5.56 Å². The molecular formula is C21H26N2O4. The smallest absolute Gasteiger partial charge is 0.407 e. The van der Waals surface area contributed by atoms with E-state index in [0.717, 1.165) is 11.3 Å². The first-order valence-corrected chi connectivity index (χ1v) is 8.69. The summed E-state index contributed by atoms with van der Waals surface area (Å²) >= 11 is 0. The summed E-state index contributed by atoms with van der Waals surface area (Å²) in [5.74, 6) is -1.01. The molecule has 0 aliphatic rings. The van der Waals surface area contributed by atoms with Crippen LogP contribution in [0, 0.1) is 5.41 Å². The number of rotatable bonds is 7. The lowest BCUT2D eigenvalue weighted by molar-refractivity contribution is -0.148. The Morgan fingerprint density at radius 1 is 1.11 bits per heavy atom. The van der Waals surface area contributed by atoms with E-state index in [1.54, 1.807) is 19.9 Å². The Morgan fingerprint density at radius 3 is 2.37 bits per heavy atom. The van der Waals surface area contributed by atoms with Gasteiger partial charge in [-0.1, -0.05) is 42.5 Å². The molecule has 0 radical (unpaired) electrons. The lowest BCUT2D eigenvalue weighted by Crippen LogP contribution is -2.42. The Hall–Kier alpha value is -3.02. The van der Waals surface area contributed by atoms with E-state index in [1.165, 1.54) is 0 Å². The number of carboxylic acid groups (broad SMARTS) is 1. The molecule has 0 aliphatic carbocycles. The van der Waals surface area contributed by atoms with Gasteiger partial charge in [-0.2, -0.15) is 0 Å². The number of nitrogens with one attached hydrogen (secondary N) is 1. The zero-order valence-corrected chi connectivity index (χ0v) is 16.1. The minimum Gasteiger partial charge on any atom is -0.481 e. The molecule has 2 rings (SSSR count). The number of hydrogen-bond donors (Lipinski definition) is 2. The number of carbonyl (C=O) groups is 2. The average molecular weight is 370 g/mol. The largest absolute Gasteiger partial charge is 0.481 e. The Bertz CT molecular complexity index is 788. The molecule has 0 spiro atoms. The second-order valence-corrected chi connectivity index (χ2v) is 7.16. The highest BCUT2D eigenvalue weighted by molar-refractivity contribution is 5.77. The first kappa shape index (κ1) is 20.3. The van der Waals surface area contributed by atoms with Crippen LogP contribution in [-0.4, -0.2) is 31.3 Å². The highest BCUT2D eigenvalue weighted by Crippen LogP contribution is 2.35. The van der Waals surface area contributed by atoms with Gasteiger partial charge < -0.3 is 20.1 Å². The van der Waals surface area contributed by atoms with E-state index >= 15 is 0 Å². The second-order valence-electron chi connectivity index (χ2n) is 7.16. The summed E-state index contributed by atoms with van der Waals surface area (Å²) in [6.45, 7) is 3.28. The van der Waals surface area contributed by atoms with Crippen molar-refractivity contribution in [2.45, 2.75) is 26.5 Å². The van der Waals surface area contributed by atoms with E-state index in [2.05, 4.69) is 5.32 Å². The normalized spacial score (nSPS) is 12.1. The van der Waals surface area contributed by atoms with Crippen LogP contribution >= 0.6 is 0 Å². The van der Waals surface area contributed by atoms with Gasteiger partial charge in [0, 0.05) is 19.8 Å². The molecular weight excluding hydrogens is 344 g/mol. The van der Waals surface area contributed by atoms with Crippen LogP contribution in [0.25, 0.3) is 0 Å². The fourth-order valence-electron chi connectivity index (χ4n) is 2.67. The van der Waals surface area contributed by atoms with E-state index < -0.39 is 23.5 Å². The zero-order chi connectivity index (χ0) is 20.0. The van der Waals surface area contributed by atoms with Crippen LogP contribution in [0.2, 0.25) is 0 Å². The molecule has 2 aromatic carbocycles. The highest BCUT2D eigenvalue weighted by atomic mass is 16.5. The van der Waals surface area contributed by atoms with E-state index in [1.807, 2.05) is 67.5 Å². The van der Waals surface area contributed by atoms with Gasteiger partial charge in [-0.15, -0.1) is 0 Å². The first-order valence-electron chi connectivity index (χ1n) is 8.69. The molecule has 2 N–H and O–H groups in total. The number of nitrogens with zero attached hydrogens (tertiary/aromatic N) is 1. The third-order valence-electron chi connectivity index (χ3n) is 4.47. The number of alkyl carbamates (subject to hydrolysis) is 1. The van der Waals surface area contributed by atoms with E-state index in [4.69, 9.17) is 4.74 Å². The second kappa shape index (κ2) is 8.58. The molecule has 0 aromatic heterocycles. The van der Waals surface area contributed by atoms with Crippen molar-refractivity contribution in [2.75, 3.05) is 19.0 Å². The summed E-state index contributed by atoms with van der Waals surface area (Å²) < 4.78 is 5.28. The van der Waals surface area contributed by atoms with Crippen LogP contribution in [0.15, 0.2) is 54.6 Å². The van der Waals surface area contributed by atoms with Gasteiger partial charge in [0.25, 0.3) is 0 Å². The molecule has 0 fully saturated rings. The first-order chi connectivity index (χ1) is 12.7. The summed E-state index contributed by atoms with van der Waals surface area (Å²) in [6, 6.07) is 16.0. The Balaban J connectivity index is 2.21. The van der Waals surface area contributed by atoms with Crippen molar-refractivity contribution in [1.82, 2.24) is 5.32 Å². The monoisotopic (exact) mass is 370 g/mol. The molecule has 1 amide bonds. The Labute approximate surface area is 159 Å². The molecule has 0 unspecified atom stereocenters. The highest BCUT2D eigenvalue weighted by Gasteiger charge is 2.39. The van der Waals surface area contributed by atoms with Gasteiger partial charge in [0.15, 0.2) is 0 Å². The topological polar surface area (TPSA) is 78.9 Å². The molecule has 0 bridgehead atoms. The van der Waals surface area contributed by atoms with Crippen molar-refractivity contribution in [1.29, 1.82) is 0 Å². The summed E-state index contributed by atoms with van der Waals surface area (Å²) in [5, 5.41) is 12.4. The number of ether oxygens (including phenoxy) is 1. The fraction of sp³-hybridized carbons (Fsp3) is 0.333. The number of carboxylic acids is 1. The fourth-order valence-corrected chi connectivity index (χ4v) is 2.67. The number of amides is 1. The van der Waals surface area contributed by atoms with Crippen molar-refractivity contribution in [3.8, 4) is 0 Å². The standard InChI is InChI=1S/C21H26N2O4/c1-21(2,19(24)25)18(16-11-8-12-17(13-16)23(3)4)22-20(26)27-14-15-9-6-5-7-10-15/h5-13,18H,14H2,1-4H3,(H,22,26)(H,24,25)/t18-/m1/s1. The SMILES string of the molecule is CN(C)c1cccc([C@@H](NC(=O)OCc2ccccc2)C(C)(C)C(=O)O)c1. The number of aliphatic carboxylic acids is 1. The molecule has 0 heterocycles. The van der Waals surface area contributed by atoms with Crippen molar-refractivity contribution >= 4 is 17.7 Å². The molecule has 2 aromatic rings. The minimum atomic E-state index is -1.23. The van der Waals surface area contributed by atoms with Gasteiger partial charge >= 0.3 is 12.1 Å². The lowest BCUT2D eigenvalue weighted by Gasteiger charge is -2.31. The third kappa shape index (κ3) is 5.23. The van der Waals surface area contributed by atoms with E-state index in [9.17, 15) is 14.7 Å². The Morgan fingerprint density at radius 2 is 1.78 bits per heavy atom. The maximum atomic E-state index is 12.4. The quantitative estimate of drug-likeness (QED) is 0.774. The number of hydrogen-bond acceptors (Lipinski definition) is 4. The number of anilines is 1. The summed E-state index contributed by atoms with van der Waals surface area (Å²) in [6.07, 6.45) is -0.659. The molecule has 1 atom stereocenters. The molecule has 6 heteroatoms. The lowest BCUT2D eigenvalue weighted by atomic mass is 9.80. The van der Waals surface area contributed by atoms with Crippen molar-refractivity contribution in [3.05, 3.63) is 65.7 Å². The number of carbonyl (C=O) groups excluding carboxylic acids is 1. The maximum absolute atomic E-state index is 12.4. The zero-order valence-electron chi connectivity index (χ0n) is 16.1. The predicted molar refractivity (Wildman–Crippen MR) is 105 cm³/mol. The molecule has 0 saturated carbocycles. The average Bonchev–Trinajstić information content (AvgIpc) is 2.65. The van der Waals surface area contributed by atoms with Gasteiger partial charge in [-0.25, -0.2) is 4.79 Å². The van der Waals surface area contributed by atoms with Gasteiger partial charge in [0.2, 0.25) is 0 Å². The van der Waals surface area contributed by atoms with Gasteiger partial charge in [-0.05, 0) is 37.1 Å². The molecule has 27 heavy (non-hydrogen) atoms. The van der Waals surface area contributed by atoms with Gasteiger partial charge in [-0.3, -0.25) is 4.79 Å². The summed E-state index contributed by atoms with van der Waals surface area (Å²) in [4.78, 5) is 26.1. The van der Waals surface area contributed by atoms with Crippen molar-refractivity contribution in [2.24, 2.45) is 5.41 Å². The van der Waals surface area contributed by atoms with E-state index in [-0.39, 0.29) is 6.61 Å². The maximum Gasteiger partial charge on any atom is 0.407 e. The molecule has 0 aliphatic heterocycles. The van der Waals surface area contributed by atoms with Crippen LogP contribution < -0.4 is 10.2 Å². The van der Waals surface area contributed by atoms with Crippen LogP contribution in [0.5, 0.6) is 0 Å². The van der Waals surface area contributed by atoms with Gasteiger partial charge in [0.1, 0.15) is 6.61 Å². The van der Waals surface area contributed by atoms with Gasteiger partial charge in [0.05, 0.1) is 11.5 Å². The van der Waals surface area contributed by atoms with Crippen LogP contribution in [0.1, 0.15) is 31.0 Å². The predicted octanol–water partition coefficient (Wildman–Crippen LogP) is 3.83. The van der Waals surface area contributed by atoms with Crippen molar-refractivity contribution in [3.63, 3.8) is 0 Å².